The minimum Gasteiger partial charge on any atom is -0.481 e. The van der Waals surface area contributed by atoms with Crippen LogP contribution in [0.3, 0.4) is 0 Å². The number of para-hydroxylation sites is 1. The summed E-state index contributed by atoms with van der Waals surface area (Å²) in [6, 6.07) is 15.9. The molecule has 0 bridgehead atoms. The van der Waals surface area contributed by atoms with Gasteiger partial charge in [0.15, 0.2) is 0 Å². The Morgan fingerprint density at radius 3 is 2.30 bits per heavy atom. The van der Waals surface area contributed by atoms with Crippen molar-refractivity contribution < 1.29 is 33.8 Å². The van der Waals surface area contributed by atoms with Gasteiger partial charge < -0.3 is 25.8 Å². The number of rotatable bonds is 11. The largest absolute Gasteiger partial charge is 0.481 e. The van der Waals surface area contributed by atoms with E-state index >= 15 is 0 Å². The Morgan fingerprint density at radius 2 is 1.64 bits per heavy atom. The highest BCUT2D eigenvalue weighted by Gasteiger charge is 2.34. The van der Waals surface area contributed by atoms with E-state index in [1.807, 2.05) is 19.1 Å². The van der Waals surface area contributed by atoms with Crippen LogP contribution in [-0.4, -0.2) is 47.1 Å². The van der Waals surface area contributed by atoms with Crippen molar-refractivity contribution in [1.82, 2.24) is 0 Å². The van der Waals surface area contributed by atoms with Crippen molar-refractivity contribution in [3.63, 3.8) is 0 Å². The summed E-state index contributed by atoms with van der Waals surface area (Å²) in [5.41, 5.74) is 1.60. The lowest BCUT2D eigenvalue weighted by atomic mass is 9.82. The molecule has 4 N–H and O–H groups in total. The number of ether oxygens (including phenoxy) is 1. The van der Waals surface area contributed by atoms with Crippen LogP contribution >= 0.6 is 23.1 Å². The zero-order valence-electron chi connectivity index (χ0n) is 24.4. The smallest absolute Gasteiger partial charge is 0.341 e. The molecule has 0 saturated heterocycles. The van der Waals surface area contributed by atoms with Gasteiger partial charge in [0.05, 0.1) is 34.6 Å². The van der Waals surface area contributed by atoms with E-state index in [2.05, 4.69) is 16.0 Å². The first-order valence-electron chi connectivity index (χ1n) is 14.0. The molecule has 10 nitrogen and oxygen atoms in total. The third kappa shape index (κ3) is 7.74. The molecule has 12 heteroatoms. The minimum atomic E-state index is -1.00. The predicted molar refractivity (Wildman–Crippen MR) is 171 cm³/mol. The number of nitrogens with one attached hydrogen (secondary N) is 3. The fourth-order valence-electron chi connectivity index (χ4n) is 4.81. The van der Waals surface area contributed by atoms with Crippen LogP contribution in [0.1, 0.15) is 51.8 Å². The molecule has 230 valence electrons. The molecule has 0 aliphatic heterocycles. The number of carbonyl (C=O) groups is 5. The molecular formula is C32H33N3O7S2. The molecule has 4 rings (SSSR count). The van der Waals surface area contributed by atoms with Crippen LogP contribution in [-0.2, 0) is 19.1 Å². The van der Waals surface area contributed by atoms with Crippen molar-refractivity contribution in [2.75, 3.05) is 23.1 Å². The number of benzene rings is 2. The van der Waals surface area contributed by atoms with Crippen LogP contribution in [0.4, 0.5) is 16.4 Å². The van der Waals surface area contributed by atoms with Crippen LogP contribution in [0.25, 0.3) is 0 Å². The molecule has 0 fully saturated rings. The van der Waals surface area contributed by atoms with Gasteiger partial charge in [-0.05, 0) is 62.1 Å². The fourth-order valence-corrected chi connectivity index (χ4v) is 6.92. The molecular weight excluding hydrogens is 603 g/mol. The molecule has 1 aliphatic carbocycles. The second-order valence-corrected chi connectivity index (χ2v) is 12.4. The van der Waals surface area contributed by atoms with Gasteiger partial charge in [0, 0.05) is 16.3 Å². The first-order valence-corrected chi connectivity index (χ1v) is 15.7. The number of aliphatic carboxylic acids is 1. The van der Waals surface area contributed by atoms with Gasteiger partial charge in [0.2, 0.25) is 11.8 Å². The summed E-state index contributed by atoms with van der Waals surface area (Å²) in [5, 5.41) is 17.6. The van der Waals surface area contributed by atoms with Gasteiger partial charge in [-0.2, -0.15) is 0 Å². The first kappa shape index (κ1) is 32.5. The number of esters is 1. The van der Waals surface area contributed by atoms with Crippen molar-refractivity contribution in [2.24, 2.45) is 11.8 Å². The Kier molecular flexibility index (Phi) is 11.0. The maximum absolute atomic E-state index is 13.5. The average Bonchev–Trinajstić information content (AvgIpc) is 3.35. The molecule has 3 atom stereocenters. The zero-order chi connectivity index (χ0) is 31.8. The number of carboxylic acid groups (broad SMARTS) is 1. The van der Waals surface area contributed by atoms with Gasteiger partial charge >= 0.3 is 11.9 Å². The standard InChI is InChI=1S/C32H33N3O7S2/c1-4-24(43-21-14-10-13-20(17-21)34-27(36)22-15-8-9-16-23(22)31(39)40)28(37)35-30-25(32(41)42-3)18(2)26(44-30)29(38)33-19-11-6-5-7-12-19/h5-14,17,22-24H,4,15-16H2,1-3H3,(H,33,38)(H,34,36)(H,35,37)(H,39,40). The molecule has 0 saturated carbocycles. The second-order valence-electron chi connectivity index (χ2n) is 10.1. The summed E-state index contributed by atoms with van der Waals surface area (Å²) in [6.45, 7) is 3.48. The van der Waals surface area contributed by atoms with E-state index in [1.54, 1.807) is 61.5 Å². The van der Waals surface area contributed by atoms with Crippen LogP contribution in [0, 0.1) is 18.8 Å². The van der Waals surface area contributed by atoms with Crippen LogP contribution in [0.5, 0.6) is 0 Å². The third-order valence-electron chi connectivity index (χ3n) is 7.14. The minimum absolute atomic E-state index is 0.117. The van der Waals surface area contributed by atoms with Crippen molar-refractivity contribution in [3.05, 3.63) is 82.8 Å². The monoisotopic (exact) mass is 635 g/mol. The molecule has 0 radical (unpaired) electrons. The van der Waals surface area contributed by atoms with Crippen molar-refractivity contribution in [3.8, 4) is 0 Å². The topological polar surface area (TPSA) is 151 Å². The SMILES string of the molecule is CCC(Sc1cccc(NC(=O)C2CC=CCC2C(=O)O)c1)C(=O)Nc1sc(C(=O)Nc2ccccc2)c(C)c1C(=O)OC. The number of anilines is 3. The Hall–Kier alpha value is -4.42. The normalized spacial score (nSPS) is 16.4. The lowest BCUT2D eigenvalue weighted by Crippen LogP contribution is -2.34. The highest BCUT2D eigenvalue weighted by atomic mass is 32.2. The maximum atomic E-state index is 13.5. The van der Waals surface area contributed by atoms with Gasteiger partial charge in [-0.15, -0.1) is 23.1 Å². The number of hydrogen-bond acceptors (Lipinski definition) is 8. The predicted octanol–water partition coefficient (Wildman–Crippen LogP) is 6.21. The lowest BCUT2D eigenvalue weighted by Gasteiger charge is -2.24. The molecule has 3 unspecified atom stereocenters. The summed E-state index contributed by atoms with van der Waals surface area (Å²) in [6.07, 6.45) is 4.69. The van der Waals surface area contributed by atoms with Gasteiger partial charge in [-0.1, -0.05) is 43.3 Å². The summed E-state index contributed by atoms with van der Waals surface area (Å²) in [7, 11) is 1.23. The highest BCUT2D eigenvalue weighted by molar-refractivity contribution is 8.00. The van der Waals surface area contributed by atoms with E-state index < -0.39 is 34.9 Å². The number of methoxy groups -OCH3 is 1. The lowest BCUT2D eigenvalue weighted by molar-refractivity contribution is -0.146. The Balaban J connectivity index is 1.48. The molecule has 44 heavy (non-hydrogen) atoms. The van der Waals surface area contributed by atoms with Gasteiger partial charge in [-0.25, -0.2) is 4.79 Å². The molecule has 1 aromatic heterocycles. The number of thioether (sulfide) groups is 1. The molecule has 1 heterocycles. The van der Waals surface area contributed by atoms with Gasteiger partial charge in [0.1, 0.15) is 5.00 Å². The third-order valence-corrected chi connectivity index (χ3v) is 9.70. The number of carbonyl (C=O) groups excluding carboxylic acids is 4. The maximum Gasteiger partial charge on any atom is 0.341 e. The molecule has 2 aromatic carbocycles. The molecule has 3 amide bonds. The zero-order valence-corrected chi connectivity index (χ0v) is 26.1. The molecule has 3 aromatic rings. The second kappa shape index (κ2) is 14.8. The van der Waals surface area contributed by atoms with Crippen LogP contribution in [0.15, 0.2) is 71.6 Å². The Bertz CT molecular complexity index is 1590. The fraction of sp³-hybridized carbons (Fsp3) is 0.281. The van der Waals surface area contributed by atoms with Crippen molar-refractivity contribution >= 4 is 69.1 Å². The number of thiophene rings is 1. The average molecular weight is 636 g/mol. The van der Waals surface area contributed by atoms with E-state index in [4.69, 9.17) is 4.74 Å². The summed E-state index contributed by atoms with van der Waals surface area (Å²) in [4.78, 5) is 64.7. The summed E-state index contributed by atoms with van der Waals surface area (Å²) >= 11 is 2.27. The highest BCUT2D eigenvalue weighted by Crippen LogP contribution is 2.36. The van der Waals surface area contributed by atoms with Crippen LogP contribution in [0.2, 0.25) is 0 Å². The van der Waals surface area contributed by atoms with Gasteiger partial charge in [0.25, 0.3) is 5.91 Å². The number of carboxylic acids is 1. The number of allylic oxidation sites excluding steroid dienone is 2. The summed E-state index contributed by atoms with van der Waals surface area (Å²) in [5.74, 6) is -4.29. The van der Waals surface area contributed by atoms with E-state index in [0.717, 1.165) is 11.3 Å². The van der Waals surface area contributed by atoms with Crippen LogP contribution < -0.4 is 16.0 Å². The number of hydrogen-bond donors (Lipinski definition) is 4. The Morgan fingerprint density at radius 1 is 0.955 bits per heavy atom. The first-order chi connectivity index (χ1) is 21.1. The van der Waals surface area contributed by atoms with E-state index in [-0.39, 0.29) is 27.3 Å². The number of amides is 3. The van der Waals surface area contributed by atoms with E-state index in [0.29, 0.717) is 41.1 Å². The van der Waals surface area contributed by atoms with E-state index in [1.165, 1.54) is 18.9 Å². The molecule has 1 aliphatic rings. The quantitative estimate of drug-likeness (QED) is 0.110. The van der Waals surface area contributed by atoms with Crippen molar-refractivity contribution in [1.29, 1.82) is 0 Å². The van der Waals surface area contributed by atoms with Gasteiger partial charge in [-0.3, -0.25) is 19.2 Å². The summed E-state index contributed by atoms with van der Waals surface area (Å²) < 4.78 is 4.95. The van der Waals surface area contributed by atoms with E-state index in [9.17, 15) is 29.1 Å². The van der Waals surface area contributed by atoms with Crippen molar-refractivity contribution in [2.45, 2.75) is 43.3 Å². The molecule has 0 spiro atoms. The Labute approximate surface area is 263 Å².